The van der Waals surface area contributed by atoms with Crippen molar-refractivity contribution < 1.29 is 0 Å². The molecule has 0 spiro atoms. The van der Waals surface area contributed by atoms with Crippen molar-refractivity contribution in [2.75, 3.05) is 0 Å². The summed E-state index contributed by atoms with van der Waals surface area (Å²) in [7, 11) is 0. The minimum atomic E-state index is 0.447. The molecule has 0 bridgehead atoms. The molecule has 2 aromatic heterocycles. The minimum Gasteiger partial charge on any atom is -0.333 e. The zero-order valence-corrected chi connectivity index (χ0v) is 7.46. The van der Waals surface area contributed by atoms with Crippen LogP contribution in [-0.4, -0.2) is 14.5 Å². The van der Waals surface area contributed by atoms with Gasteiger partial charge in [-0.25, -0.2) is 9.97 Å². The molecule has 0 unspecified atom stereocenters. The summed E-state index contributed by atoms with van der Waals surface area (Å²) >= 11 is 0. The molecular weight excluding hydrogens is 176 g/mol. The first-order valence-electron chi connectivity index (χ1n) is 4.19. The van der Waals surface area contributed by atoms with Crippen molar-refractivity contribution in [1.29, 1.82) is 5.26 Å². The van der Waals surface area contributed by atoms with Crippen LogP contribution in [0.4, 0.5) is 0 Å². The van der Waals surface area contributed by atoms with Gasteiger partial charge in [-0.3, -0.25) is 0 Å². The molecule has 0 fully saturated rings. The van der Waals surface area contributed by atoms with Crippen LogP contribution in [0.3, 0.4) is 0 Å². The summed E-state index contributed by atoms with van der Waals surface area (Å²) in [6.45, 7) is 0.719. The number of aromatic nitrogens is 3. The summed E-state index contributed by atoms with van der Waals surface area (Å²) in [6, 6.07) is 5.68. The molecule has 68 valence electrons. The molecule has 0 aromatic carbocycles. The monoisotopic (exact) mass is 184 g/mol. The fourth-order valence-corrected chi connectivity index (χ4v) is 1.22. The molecule has 2 heterocycles. The maximum Gasteiger partial charge on any atom is 0.140 e. The van der Waals surface area contributed by atoms with Crippen LogP contribution in [-0.2, 0) is 6.54 Å². The topological polar surface area (TPSA) is 54.5 Å². The van der Waals surface area contributed by atoms with Crippen molar-refractivity contribution in [3.8, 4) is 6.07 Å². The smallest absolute Gasteiger partial charge is 0.140 e. The van der Waals surface area contributed by atoms with Crippen LogP contribution in [0.5, 0.6) is 0 Å². The van der Waals surface area contributed by atoms with Gasteiger partial charge in [0.2, 0.25) is 0 Å². The van der Waals surface area contributed by atoms with Crippen molar-refractivity contribution in [2.24, 2.45) is 0 Å². The van der Waals surface area contributed by atoms with Gasteiger partial charge in [-0.05, 0) is 17.7 Å². The van der Waals surface area contributed by atoms with E-state index < -0.39 is 0 Å². The van der Waals surface area contributed by atoms with Gasteiger partial charge in [0.1, 0.15) is 11.8 Å². The van der Waals surface area contributed by atoms with Crippen LogP contribution in [0.25, 0.3) is 0 Å². The Morgan fingerprint density at radius 3 is 3.07 bits per heavy atom. The average Bonchev–Trinajstić information content (AvgIpc) is 2.71. The summed E-state index contributed by atoms with van der Waals surface area (Å²) < 4.78 is 1.94. The number of pyridine rings is 1. The van der Waals surface area contributed by atoms with Crippen LogP contribution in [0, 0.1) is 11.3 Å². The van der Waals surface area contributed by atoms with Crippen molar-refractivity contribution in [2.45, 2.75) is 6.54 Å². The van der Waals surface area contributed by atoms with Gasteiger partial charge in [0, 0.05) is 25.1 Å². The van der Waals surface area contributed by atoms with E-state index in [0.29, 0.717) is 5.69 Å². The molecule has 0 atom stereocenters. The van der Waals surface area contributed by atoms with Crippen molar-refractivity contribution in [1.82, 2.24) is 14.5 Å². The van der Waals surface area contributed by atoms with Gasteiger partial charge >= 0.3 is 0 Å². The van der Waals surface area contributed by atoms with E-state index in [-0.39, 0.29) is 0 Å². The quantitative estimate of drug-likeness (QED) is 0.704. The second-order valence-electron chi connectivity index (χ2n) is 2.90. The summed E-state index contributed by atoms with van der Waals surface area (Å²) in [6.07, 6.45) is 7.00. The van der Waals surface area contributed by atoms with Gasteiger partial charge in [-0.2, -0.15) is 5.26 Å². The number of hydrogen-bond donors (Lipinski definition) is 0. The Morgan fingerprint density at radius 2 is 2.36 bits per heavy atom. The van der Waals surface area contributed by atoms with E-state index >= 15 is 0 Å². The van der Waals surface area contributed by atoms with Crippen molar-refractivity contribution in [3.63, 3.8) is 0 Å². The fourth-order valence-electron chi connectivity index (χ4n) is 1.22. The Balaban J connectivity index is 2.22. The third kappa shape index (κ3) is 1.77. The Labute approximate surface area is 81.5 Å². The van der Waals surface area contributed by atoms with E-state index in [1.807, 2.05) is 22.9 Å². The lowest BCUT2D eigenvalue weighted by Crippen LogP contribution is -1.97. The molecule has 0 amide bonds. The molecule has 4 nitrogen and oxygen atoms in total. The summed E-state index contributed by atoms with van der Waals surface area (Å²) in [5.74, 6) is 0. The van der Waals surface area contributed by atoms with Gasteiger partial charge in [0.15, 0.2) is 0 Å². The van der Waals surface area contributed by atoms with E-state index in [9.17, 15) is 0 Å². The van der Waals surface area contributed by atoms with Gasteiger partial charge in [0.25, 0.3) is 0 Å². The average molecular weight is 184 g/mol. The Hall–Kier alpha value is -2.15. The summed E-state index contributed by atoms with van der Waals surface area (Å²) in [5, 5.41) is 8.66. The molecule has 0 saturated heterocycles. The maximum absolute atomic E-state index is 8.66. The number of nitrogens with zero attached hydrogens (tertiary/aromatic N) is 4. The van der Waals surface area contributed by atoms with Crippen molar-refractivity contribution in [3.05, 3.63) is 48.3 Å². The largest absolute Gasteiger partial charge is 0.333 e. The molecule has 2 aromatic rings. The second-order valence-corrected chi connectivity index (χ2v) is 2.90. The first kappa shape index (κ1) is 8.45. The van der Waals surface area contributed by atoms with Gasteiger partial charge in [0.05, 0.1) is 6.33 Å². The minimum absolute atomic E-state index is 0.447. The van der Waals surface area contributed by atoms with E-state index in [1.165, 1.54) is 0 Å². The van der Waals surface area contributed by atoms with E-state index in [4.69, 9.17) is 5.26 Å². The Kier molecular flexibility index (Phi) is 2.24. The van der Waals surface area contributed by atoms with Crippen LogP contribution in [0.1, 0.15) is 11.3 Å². The number of hydrogen-bond acceptors (Lipinski definition) is 3. The predicted molar refractivity (Wildman–Crippen MR) is 50.3 cm³/mol. The standard InChI is InChI=1S/C10H8N4/c11-6-10-5-9(1-2-13-10)7-14-4-3-12-8-14/h1-5,8H,7H2. The highest BCUT2D eigenvalue weighted by Crippen LogP contribution is 2.03. The molecule has 0 aliphatic rings. The number of imidazole rings is 1. The molecule has 0 aliphatic carbocycles. The van der Waals surface area contributed by atoms with Crippen LogP contribution in [0.2, 0.25) is 0 Å². The van der Waals surface area contributed by atoms with Gasteiger partial charge in [-0.15, -0.1) is 0 Å². The first-order valence-corrected chi connectivity index (χ1v) is 4.19. The number of nitriles is 1. The van der Waals surface area contributed by atoms with E-state index in [0.717, 1.165) is 12.1 Å². The molecule has 0 N–H and O–H groups in total. The lowest BCUT2D eigenvalue weighted by molar-refractivity contribution is 0.795. The van der Waals surface area contributed by atoms with E-state index in [1.54, 1.807) is 24.8 Å². The van der Waals surface area contributed by atoms with Crippen LogP contribution >= 0.6 is 0 Å². The maximum atomic E-state index is 8.66. The summed E-state index contributed by atoms with van der Waals surface area (Å²) in [5.41, 5.74) is 1.50. The third-order valence-electron chi connectivity index (χ3n) is 1.86. The highest BCUT2D eigenvalue weighted by atomic mass is 15.0. The molecule has 2 rings (SSSR count). The Morgan fingerprint density at radius 1 is 1.43 bits per heavy atom. The fraction of sp³-hybridized carbons (Fsp3) is 0.100. The van der Waals surface area contributed by atoms with E-state index in [2.05, 4.69) is 9.97 Å². The molecule has 0 aliphatic heterocycles. The normalized spacial score (nSPS) is 9.64. The zero-order chi connectivity index (χ0) is 9.80. The molecule has 4 heteroatoms. The highest BCUT2D eigenvalue weighted by molar-refractivity contribution is 5.25. The zero-order valence-electron chi connectivity index (χ0n) is 7.46. The molecule has 0 saturated carbocycles. The molecule has 14 heavy (non-hydrogen) atoms. The summed E-state index contributed by atoms with van der Waals surface area (Å²) in [4.78, 5) is 7.84. The Bertz CT molecular complexity index is 453. The number of rotatable bonds is 2. The van der Waals surface area contributed by atoms with Gasteiger partial charge < -0.3 is 4.57 Å². The highest BCUT2D eigenvalue weighted by Gasteiger charge is 1.96. The van der Waals surface area contributed by atoms with Crippen LogP contribution < -0.4 is 0 Å². The lowest BCUT2D eigenvalue weighted by atomic mass is 10.2. The first-order chi connectivity index (χ1) is 6.88. The van der Waals surface area contributed by atoms with Gasteiger partial charge in [-0.1, -0.05) is 0 Å². The predicted octanol–water partition coefficient (Wildman–Crippen LogP) is 1.20. The van der Waals surface area contributed by atoms with Crippen molar-refractivity contribution >= 4 is 0 Å². The second kappa shape index (κ2) is 3.71. The molecule has 0 radical (unpaired) electrons. The SMILES string of the molecule is N#Cc1cc(Cn2ccnc2)ccn1. The van der Waals surface area contributed by atoms with Crippen LogP contribution in [0.15, 0.2) is 37.1 Å². The lowest BCUT2D eigenvalue weighted by Gasteiger charge is -2.01. The molecular formula is C10H8N4. The third-order valence-corrected chi connectivity index (χ3v) is 1.86.